The minimum absolute atomic E-state index is 0.341. The highest BCUT2D eigenvalue weighted by Gasteiger charge is 2.15. The second-order valence-corrected chi connectivity index (χ2v) is 9.33. The van der Waals surface area contributed by atoms with Gasteiger partial charge in [-0.2, -0.15) is 8.42 Å². The standard InChI is InChI=1S/C20H42O4S/c1-20(25(22,23)24)18-16-14-12-10-8-6-4-2-3-5-7-9-11-13-15-17-19-21/h20-21H,2-19H2,1H3,(H,22,23,24). The third kappa shape index (κ3) is 18.5. The van der Waals surface area contributed by atoms with Gasteiger partial charge in [-0.15, -0.1) is 0 Å². The molecule has 1 unspecified atom stereocenters. The molecule has 0 aromatic rings. The zero-order chi connectivity index (χ0) is 18.8. The Kier molecular flexibility index (Phi) is 17.2. The fraction of sp³-hybridized carbons (Fsp3) is 1.00. The van der Waals surface area contributed by atoms with Gasteiger partial charge in [0.25, 0.3) is 10.1 Å². The van der Waals surface area contributed by atoms with E-state index in [1.165, 1.54) is 83.5 Å². The number of hydrogen-bond donors (Lipinski definition) is 2. The Bertz CT molecular complexity index is 368. The molecular formula is C20H42O4S. The zero-order valence-electron chi connectivity index (χ0n) is 16.4. The molecule has 0 aliphatic carbocycles. The van der Waals surface area contributed by atoms with Crippen molar-refractivity contribution < 1.29 is 18.1 Å². The van der Waals surface area contributed by atoms with Crippen molar-refractivity contribution in [2.75, 3.05) is 6.61 Å². The summed E-state index contributed by atoms with van der Waals surface area (Å²) < 4.78 is 30.6. The van der Waals surface area contributed by atoms with Gasteiger partial charge in [0.1, 0.15) is 0 Å². The van der Waals surface area contributed by atoms with Gasteiger partial charge in [0.15, 0.2) is 0 Å². The molecule has 25 heavy (non-hydrogen) atoms. The van der Waals surface area contributed by atoms with E-state index in [0.29, 0.717) is 13.0 Å². The van der Waals surface area contributed by atoms with Crippen LogP contribution in [0.25, 0.3) is 0 Å². The largest absolute Gasteiger partial charge is 0.396 e. The highest BCUT2D eigenvalue weighted by atomic mass is 32.2. The van der Waals surface area contributed by atoms with Crippen molar-refractivity contribution in [1.29, 1.82) is 0 Å². The molecule has 0 fully saturated rings. The SMILES string of the molecule is CC(CCCCCCCCCCCCCCCCCCO)S(=O)(=O)O. The molecule has 0 aromatic heterocycles. The lowest BCUT2D eigenvalue weighted by molar-refractivity contribution is 0.282. The van der Waals surface area contributed by atoms with Crippen molar-refractivity contribution >= 4 is 10.1 Å². The van der Waals surface area contributed by atoms with Crippen LogP contribution < -0.4 is 0 Å². The van der Waals surface area contributed by atoms with Crippen molar-refractivity contribution in [3.63, 3.8) is 0 Å². The van der Waals surface area contributed by atoms with Gasteiger partial charge in [0.05, 0.1) is 5.25 Å². The summed E-state index contributed by atoms with van der Waals surface area (Å²) >= 11 is 0. The fourth-order valence-corrected chi connectivity index (χ4v) is 3.63. The molecular weight excluding hydrogens is 336 g/mol. The molecule has 0 rings (SSSR count). The molecule has 2 N–H and O–H groups in total. The molecule has 4 nitrogen and oxygen atoms in total. The molecule has 0 heterocycles. The number of hydrogen-bond acceptors (Lipinski definition) is 3. The quantitative estimate of drug-likeness (QED) is 0.217. The van der Waals surface area contributed by atoms with Crippen LogP contribution in [0, 0.1) is 0 Å². The van der Waals surface area contributed by atoms with Crippen molar-refractivity contribution in [1.82, 2.24) is 0 Å². The molecule has 0 saturated carbocycles. The van der Waals surface area contributed by atoms with Gasteiger partial charge in [-0.3, -0.25) is 4.55 Å². The Balaban J connectivity index is 3.12. The Morgan fingerprint density at radius 2 is 0.880 bits per heavy atom. The molecule has 5 heteroatoms. The normalized spacial score (nSPS) is 13.2. The van der Waals surface area contributed by atoms with E-state index in [1.54, 1.807) is 6.92 Å². The zero-order valence-corrected chi connectivity index (χ0v) is 17.2. The van der Waals surface area contributed by atoms with Crippen molar-refractivity contribution in [2.45, 2.75) is 121 Å². The predicted octanol–water partition coefficient (Wildman–Crippen LogP) is 5.89. The lowest BCUT2D eigenvalue weighted by Crippen LogP contribution is -2.16. The van der Waals surface area contributed by atoms with Gasteiger partial charge in [-0.05, 0) is 19.8 Å². The first-order valence-corrected chi connectivity index (χ1v) is 12.1. The molecule has 0 amide bonds. The lowest BCUT2D eigenvalue weighted by atomic mass is 10.0. The van der Waals surface area contributed by atoms with Crippen LogP contribution in [-0.2, 0) is 10.1 Å². The lowest BCUT2D eigenvalue weighted by Gasteiger charge is -2.07. The van der Waals surface area contributed by atoms with Crippen molar-refractivity contribution in [3.8, 4) is 0 Å². The summed E-state index contributed by atoms with van der Waals surface area (Å²) in [6.45, 7) is 1.92. The summed E-state index contributed by atoms with van der Waals surface area (Å²) in [4.78, 5) is 0. The van der Waals surface area contributed by atoms with E-state index < -0.39 is 15.4 Å². The van der Waals surface area contributed by atoms with Gasteiger partial charge < -0.3 is 5.11 Å². The number of unbranched alkanes of at least 4 members (excludes halogenated alkanes) is 15. The molecule has 0 aliphatic heterocycles. The van der Waals surface area contributed by atoms with E-state index in [2.05, 4.69) is 0 Å². The number of aliphatic hydroxyl groups excluding tert-OH is 1. The first-order chi connectivity index (χ1) is 12.0. The van der Waals surface area contributed by atoms with Gasteiger partial charge in [-0.25, -0.2) is 0 Å². The first-order valence-electron chi connectivity index (χ1n) is 10.6. The average molecular weight is 379 g/mol. The average Bonchev–Trinajstić information content (AvgIpc) is 2.56. The Hall–Kier alpha value is -0.130. The van der Waals surface area contributed by atoms with E-state index in [-0.39, 0.29) is 0 Å². The maximum atomic E-state index is 10.9. The summed E-state index contributed by atoms with van der Waals surface area (Å²) in [5.74, 6) is 0. The topological polar surface area (TPSA) is 74.6 Å². The molecule has 0 saturated heterocycles. The molecule has 0 bridgehead atoms. The molecule has 0 aromatic carbocycles. The third-order valence-corrected chi connectivity index (χ3v) is 6.28. The Labute approximate surface area is 156 Å². The van der Waals surface area contributed by atoms with E-state index in [4.69, 9.17) is 9.66 Å². The molecule has 1 atom stereocenters. The summed E-state index contributed by atoms with van der Waals surface area (Å²) in [5.41, 5.74) is 0. The van der Waals surface area contributed by atoms with Crippen LogP contribution in [0.1, 0.15) is 116 Å². The highest BCUT2D eigenvalue weighted by Crippen LogP contribution is 2.15. The van der Waals surface area contributed by atoms with Crippen LogP contribution in [0.2, 0.25) is 0 Å². The monoisotopic (exact) mass is 378 g/mol. The maximum Gasteiger partial charge on any atom is 0.267 e. The summed E-state index contributed by atoms with van der Waals surface area (Å²) in [5, 5.41) is 8.08. The third-order valence-electron chi connectivity index (χ3n) is 5.03. The van der Waals surface area contributed by atoms with Crippen LogP contribution in [0.4, 0.5) is 0 Å². The molecule has 0 aliphatic rings. The second-order valence-electron chi connectivity index (χ2n) is 7.49. The molecule has 0 radical (unpaired) electrons. The minimum atomic E-state index is -3.83. The van der Waals surface area contributed by atoms with E-state index in [0.717, 1.165) is 19.3 Å². The fourth-order valence-electron chi connectivity index (χ4n) is 3.17. The van der Waals surface area contributed by atoms with Gasteiger partial charge >= 0.3 is 0 Å². The maximum absolute atomic E-state index is 10.9. The van der Waals surface area contributed by atoms with Gasteiger partial charge in [0, 0.05) is 6.61 Å². The van der Waals surface area contributed by atoms with E-state index in [1.807, 2.05) is 0 Å². The van der Waals surface area contributed by atoms with Crippen LogP contribution >= 0.6 is 0 Å². The van der Waals surface area contributed by atoms with Crippen LogP contribution in [0.5, 0.6) is 0 Å². The molecule has 152 valence electrons. The summed E-state index contributed by atoms with van der Waals surface area (Å²) in [6, 6.07) is 0. The van der Waals surface area contributed by atoms with Crippen LogP contribution in [0.15, 0.2) is 0 Å². The molecule has 0 spiro atoms. The predicted molar refractivity (Wildman–Crippen MR) is 107 cm³/mol. The highest BCUT2D eigenvalue weighted by molar-refractivity contribution is 7.86. The minimum Gasteiger partial charge on any atom is -0.396 e. The van der Waals surface area contributed by atoms with Crippen molar-refractivity contribution in [2.24, 2.45) is 0 Å². The number of aliphatic hydroxyl groups is 1. The summed E-state index contributed by atoms with van der Waals surface area (Å²) in [7, 11) is -3.83. The van der Waals surface area contributed by atoms with Gasteiger partial charge in [-0.1, -0.05) is 96.3 Å². The Morgan fingerprint density at radius 3 is 1.16 bits per heavy atom. The number of rotatable bonds is 19. The van der Waals surface area contributed by atoms with Crippen LogP contribution in [-0.4, -0.2) is 29.9 Å². The van der Waals surface area contributed by atoms with Crippen LogP contribution in [0.3, 0.4) is 0 Å². The van der Waals surface area contributed by atoms with E-state index >= 15 is 0 Å². The van der Waals surface area contributed by atoms with Crippen molar-refractivity contribution in [3.05, 3.63) is 0 Å². The summed E-state index contributed by atoms with van der Waals surface area (Å²) in [6.07, 6.45) is 20.4. The van der Waals surface area contributed by atoms with Gasteiger partial charge in [0.2, 0.25) is 0 Å². The van der Waals surface area contributed by atoms with E-state index in [9.17, 15) is 8.42 Å². The Morgan fingerprint density at radius 1 is 0.600 bits per heavy atom. The smallest absolute Gasteiger partial charge is 0.267 e. The first kappa shape index (κ1) is 24.9. The second kappa shape index (κ2) is 17.3.